The van der Waals surface area contributed by atoms with Gasteiger partial charge in [-0.25, -0.2) is 0 Å². The summed E-state index contributed by atoms with van der Waals surface area (Å²) in [7, 11) is 1.99. The first-order valence-electron chi connectivity index (χ1n) is 6.71. The monoisotopic (exact) mass is 349 g/mol. The van der Waals surface area contributed by atoms with E-state index >= 15 is 0 Å². The minimum atomic E-state index is 0.897. The second-order valence-electron chi connectivity index (χ2n) is 5.07. The van der Waals surface area contributed by atoms with Gasteiger partial charge in [-0.15, -0.1) is 11.8 Å². The lowest BCUT2D eigenvalue weighted by molar-refractivity contribution is 0.802. The number of benzene rings is 2. The van der Waals surface area contributed by atoms with Crippen LogP contribution < -0.4 is 5.32 Å². The van der Waals surface area contributed by atoms with Gasteiger partial charge >= 0.3 is 0 Å². The van der Waals surface area contributed by atoms with Crippen LogP contribution in [0.5, 0.6) is 0 Å². The van der Waals surface area contributed by atoms with Gasteiger partial charge in [0.2, 0.25) is 0 Å². The van der Waals surface area contributed by atoms with Crippen molar-refractivity contribution >= 4 is 27.7 Å². The molecule has 0 aliphatic carbocycles. The number of halogens is 1. The van der Waals surface area contributed by atoms with E-state index in [0.717, 1.165) is 16.8 Å². The maximum atomic E-state index is 3.54. The molecule has 0 aromatic heterocycles. The Bertz CT molecular complexity index is 575. The van der Waals surface area contributed by atoms with Gasteiger partial charge in [-0.3, -0.25) is 0 Å². The highest BCUT2D eigenvalue weighted by Gasteiger charge is 2.05. The predicted octanol–water partition coefficient (Wildman–Crippen LogP) is 5.08. The average molecular weight is 350 g/mol. The lowest BCUT2D eigenvalue weighted by Gasteiger charge is -2.10. The Labute approximate surface area is 134 Å². The molecule has 1 nitrogen and oxygen atoms in total. The fourth-order valence-corrected chi connectivity index (χ4v) is 3.71. The van der Waals surface area contributed by atoms with Crippen LogP contribution in [0.15, 0.2) is 45.8 Å². The normalized spacial score (nSPS) is 10.8. The Hall–Kier alpha value is -0.770. The molecule has 0 aliphatic heterocycles. The zero-order valence-electron chi connectivity index (χ0n) is 12.2. The summed E-state index contributed by atoms with van der Waals surface area (Å²) in [6.45, 7) is 5.22. The van der Waals surface area contributed by atoms with Gasteiger partial charge in [-0.2, -0.15) is 0 Å². The molecule has 2 aromatic rings. The van der Waals surface area contributed by atoms with Crippen molar-refractivity contribution in [1.82, 2.24) is 5.32 Å². The number of hydrogen-bond donors (Lipinski definition) is 1. The number of rotatable bonds is 5. The standard InChI is InChI=1S/C17H20BrNS/c1-12-6-13(2)8-14(7-12)11-20-17-5-4-16(18)9-15(17)10-19-3/h4-9,19H,10-11H2,1-3H3. The lowest BCUT2D eigenvalue weighted by atomic mass is 10.1. The van der Waals surface area contributed by atoms with Crippen molar-refractivity contribution < 1.29 is 0 Å². The van der Waals surface area contributed by atoms with Gasteiger partial charge < -0.3 is 5.32 Å². The Morgan fingerprint density at radius 1 is 1.05 bits per heavy atom. The predicted molar refractivity (Wildman–Crippen MR) is 92.4 cm³/mol. The molecule has 3 heteroatoms. The molecular weight excluding hydrogens is 330 g/mol. The van der Waals surface area contributed by atoms with Crippen LogP contribution in [0.25, 0.3) is 0 Å². The van der Waals surface area contributed by atoms with E-state index in [1.54, 1.807) is 0 Å². The van der Waals surface area contributed by atoms with Crippen LogP contribution in [0.3, 0.4) is 0 Å². The molecule has 20 heavy (non-hydrogen) atoms. The fourth-order valence-electron chi connectivity index (χ4n) is 2.33. The van der Waals surface area contributed by atoms with Gasteiger partial charge in [0.15, 0.2) is 0 Å². The second kappa shape index (κ2) is 7.30. The van der Waals surface area contributed by atoms with E-state index in [1.165, 1.54) is 27.1 Å². The van der Waals surface area contributed by atoms with Crippen molar-refractivity contribution in [3.8, 4) is 0 Å². The quantitative estimate of drug-likeness (QED) is 0.755. The molecule has 0 aliphatic rings. The van der Waals surface area contributed by atoms with E-state index in [-0.39, 0.29) is 0 Å². The van der Waals surface area contributed by atoms with E-state index in [9.17, 15) is 0 Å². The molecule has 0 saturated carbocycles. The lowest BCUT2D eigenvalue weighted by Crippen LogP contribution is -2.06. The van der Waals surface area contributed by atoms with Crippen molar-refractivity contribution in [3.63, 3.8) is 0 Å². The SMILES string of the molecule is CNCc1cc(Br)ccc1SCc1cc(C)cc(C)c1. The smallest absolute Gasteiger partial charge is 0.0232 e. The molecule has 0 fully saturated rings. The fraction of sp³-hybridized carbons (Fsp3) is 0.294. The molecule has 0 spiro atoms. The second-order valence-corrected chi connectivity index (χ2v) is 7.00. The summed E-state index contributed by atoms with van der Waals surface area (Å²) < 4.78 is 1.14. The highest BCUT2D eigenvalue weighted by atomic mass is 79.9. The summed E-state index contributed by atoms with van der Waals surface area (Å²) in [5.41, 5.74) is 5.42. The van der Waals surface area contributed by atoms with E-state index in [1.807, 2.05) is 18.8 Å². The van der Waals surface area contributed by atoms with Crippen LogP contribution in [0.4, 0.5) is 0 Å². The minimum Gasteiger partial charge on any atom is -0.316 e. The van der Waals surface area contributed by atoms with Crippen molar-refractivity contribution in [3.05, 3.63) is 63.1 Å². The van der Waals surface area contributed by atoms with Crippen LogP contribution in [0.1, 0.15) is 22.3 Å². The molecule has 2 rings (SSSR count). The van der Waals surface area contributed by atoms with E-state index in [0.29, 0.717) is 0 Å². The molecule has 106 valence electrons. The molecule has 0 bridgehead atoms. The highest BCUT2D eigenvalue weighted by Crippen LogP contribution is 2.29. The van der Waals surface area contributed by atoms with Crippen molar-refractivity contribution in [1.29, 1.82) is 0 Å². The maximum absolute atomic E-state index is 3.54. The van der Waals surface area contributed by atoms with E-state index in [2.05, 4.69) is 71.5 Å². The number of nitrogens with one attached hydrogen (secondary N) is 1. The molecular formula is C17H20BrNS. The third-order valence-corrected chi connectivity index (χ3v) is 4.75. The Balaban J connectivity index is 2.13. The summed E-state index contributed by atoms with van der Waals surface area (Å²) in [6, 6.07) is 13.3. The van der Waals surface area contributed by atoms with Crippen LogP contribution in [-0.4, -0.2) is 7.05 Å². The molecule has 0 atom stereocenters. The molecule has 1 N–H and O–H groups in total. The van der Waals surface area contributed by atoms with Gasteiger partial charge in [0.05, 0.1) is 0 Å². The third kappa shape index (κ3) is 4.37. The van der Waals surface area contributed by atoms with Crippen LogP contribution >= 0.6 is 27.7 Å². The van der Waals surface area contributed by atoms with E-state index < -0.39 is 0 Å². The number of aryl methyl sites for hydroxylation is 2. The molecule has 2 aromatic carbocycles. The van der Waals surface area contributed by atoms with Gasteiger partial charge in [-0.05, 0) is 50.2 Å². The third-order valence-electron chi connectivity index (χ3n) is 3.07. The molecule has 0 saturated heterocycles. The summed E-state index contributed by atoms with van der Waals surface area (Å²) in [5.74, 6) is 1.01. The summed E-state index contributed by atoms with van der Waals surface area (Å²) >= 11 is 5.45. The zero-order valence-corrected chi connectivity index (χ0v) is 14.6. The summed E-state index contributed by atoms with van der Waals surface area (Å²) in [6.07, 6.45) is 0. The average Bonchev–Trinajstić information content (AvgIpc) is 2.37. The van der Waals surface area contributed by atoms with Crippen molar-refractivity contribution in [2.75, 3.05) is 7.05 Å². The van der Waals surface area contributed by atoms with Gasteiger partial charge in [0.1, 0.15) is 0 Å². The Morgan fingerprint density at radius 2 is 1.75 bits per heavy atom. The van der Waals surface area contributed by atoms with Crippen LogP contribution in [0.2, 0.25) is 0 Å². The largest absolute Gasteiger partial charge is 0.316 e. The topological polar surface area (TPSA) is 12.0 Å². The summed E-state index contributed by atoms with van der Waals surface area (Å²) in [4.78, 5) is 1.35. The number of hydrogen-bond acceptors (Lipinski definition) is 2. The minimum absolute atomic E-state index is 0.897. The van der Waals surface area contributed by atoms with Gasteiger partial charge in [0.25, 0.3) is 0 Å². The summed E-state index contributed by atoms with van der Waals surface area (Å²) in [5, 5.41) is 3.23. The van der Waals surface area contributed by atoms with Gasteiger partial charge in [0, 0.05) is 21.7 Å². The molecule has 0 amide bonds. The van der Waals surface area contributed by atoms with Crippen molar-refractivity contribution in [2.45, 2.75) is 31.0 Å². The molecule has 0 unspecified atom stereocenters. The number of thioether (sulfide) groups is 1. The first-order valence-corrected chi connectivity index (χ1v) is 8.49. The van der Waals surface area contributed by atoms with E-state index in [4.69, 9.17) is 0 Å². The highest BCUT2D eigenvalue weighted by molar-refractivity contribution is 9.10. The molecule has 0 radical (unpaired) electrons. The van der Waals surface area contributed by atoms with Crippen molar-refractivity contribution in [2.24, 2.45) is 0 Å². The van der Waals surface area contributed by atoms with Crippen LogP contribution in [-0.2, 0) is 12.3 Å². The Kier molecular flexibility index (Phi) is 5.70. The Morgan fingerprint density at radius 3 is 2.40 bits per heavy atom. The van der Waals surface area contributed by atoms with Gasteiger partial charge in [-0.1, -0.05) is 45.3 Å². The maximum Gasteiger partial charge on any atom is 0.0232 e. The first kappa shape index (κ1) is 15.6. The first-order chi connectivity index (χ1) is 9.58. The zero-order chi connectivity index (χ0) is 14.5. The van der Waals surface area contributed by atoms with Crippen LogP contribution in [0, 0.1) is 13.8 Å². The molecule has 0 heterocycles.